The predicted octanol–water partition coefficient (Wildman–Crippen LogP) is 3.16. The number of hydrogen-bond donors (Lipinski definition) is 0. The minimum absolute atomic E-state index is 0.639. The Kier molecular flexibility index (Phi) is 3.51. The minimum Gasteiger partial charge on any atom is -0.279 e. The second-order valence-corrected chi connectivity index (χ2v) is 3.86. The third kappa shape index (κ3) is 1.58. The fourth-order valence-corrected chi connectivity index (χ4v) is 1.46. The van der Waals surface area contributed by atoms with Crippen LogP contribution in [0.2, 0.25) is 0 Å². The van der Waals surface area contributed by atoms with Crippen LogP contribution < -0.4 is 0 Å². The molecule has 0 bridgehead atoms. The van der Waals surface area contributed by atoms with Gasteiger partial charge in [-0.25, -0.2) is 0 Å². The van der Waals surface area contributed by atoms with Gasteiger partial charge in [0.05, 0.1) is 0 Å². The Balaban J connectivity index is 0.000000371. The summed E-state index contributed by atoms with van der Waals surface area (Å²) >= 11 is 0. The minimum atomic E-state index is 0.639. The van der Waals surface area contributed by atoms with E-state index in [4.69, 9.17) is 4.57 Å². The van der Waals surface area contributed by atoms with Gasteiger partial charge < -0.3 is 0 Å². The summed E-state index contributed by atoms with van der Waals surface area (Å²) in [6, 6.07) is 0. The summed E-state index contributed by atoms with van der Waals surface area (Å²) in [5.74, 6) is 1.91. The lowest BCUT2D eigenvalue weighted by atomic mass is 9.56. The third-order valence-electron chi connectivity index (χ3n) is 3.25. The summed E-state index contributed by atoms with van der Waals surface area (Å²) in [7, 11) is 1.72. The van der Waals surface area contributed by atoms with E-state index < -0.39 is 0 Å². The molecule has 0 aliphatic heterocycles. The second kappa shape index (κ2) is 3.48. The summed E-state index contributed by atoms with van der Waals surface area (Å²) in [5, 5.41) is 0. The Labute approximate surface area is 65.8 Å². The molecule has 1 fully saturated rings. The molecule has 0 aromatic carbocycles. The van der Waals surface area contributed by atoms with Crippen molar-refractivity contribution in [2.75, 3.05) is 0 Å². The van der Waals surface area contributed by atoms with Crippen LogP contribution in [0.15, 0.2) is 0 Å². The van der Waals surface area contributed by atoms with Gasteiger partial charge in [-0.2, -0.15) is 0 Å². The topological polar surface area (TPSA) is 17.1 Å². The summed E-state index contributed by atoms with van der Waals surface area (Å²) in [4.78, 5) is 0. The van der Waals surface area contributed by atoms with Crippen molar-refractivity contribution in [1.82, 2.24) is 0 Å². The first-order valence-corrected chi connectivity index (χ1v) is 4.16. The second-order valence-electron chi connectivity index (χ2n) is 3.86. The van der Waals surface area contributed by atoms with Gasteiger partial charge in [0.2, 0.25) is 0 Å². The molecule has 0 heterocycles. The highest BCUT2D eigenvalue weighted by Gasteiger charge is 2.41. The van der Waals surface area contributed by atoms with Gasteiger partial charge in [-0.3, -0.25) is 4.57 Å². The van der Waals surface area contributed by atoms with E-state index in [1.807, 2.05) is 0 Å². The van der Waals surface area contributed by atoms with Crippen molar-refractivity contribution >= 4 is 9.12 Å². The van der Waals surface area contributed by atoms with Gasteiger partial charge in [-0.05, 0) is 23.7 Å². The van der Waals surface area contributed by atoms with Gasteiger partial charge in [0.15, 0.2) is 0 Å². The fourth-order valence-electron chi connectivity index (χ4n) is 1.46. The molecular weight excluding hydrogens is 143 g/mol. The van der Waals surface area contributed by atoms with E-state index in [9.17, 15) is 0 Å². The summed E-state index contributed by atoms with van der Waals surface area (Å²) < 4.78 is 8.06. The highest BCUT2D eigenvalue weighted by atomic mass is 31.0. The van der Waals surface area contributed by atoms with Gasteiger partial charge in [0.25, 0.3) is 0 Å². The van der Waals surface area contributed by atoms with Crippen molar-refractivity contribution in [2.45, 2.75) is 34.1 Å². The molecule has 0 N–H and O–H groups in total. The molecule has 1 nitrogen and oxygen atoms in total. The van der Waals surface area contributed by atoms with Gasteiger partial charge in [-0.15, -0.1) is 0 Å². The van der Waals surface area contributed by atoms with Crippen LogP contribution in [0.3, 0.4) is 0 Å². The summed E-state index contributed by atoms with van der Waals surface area (Å²) in [5.41, 5.74) is 0.639. The van der Waals surface area contributed by atoms with Crippen LogP contribution in [0, 0.1) is 17.3 Å². The van der Waals surface area contributed by atoms with Gasteiger partial charge in [-0.1, -0.05) is 27.7 Å². The van der Waals surface area contributed by atoms with E-state index in [0.717, 1.165) is 11.8 Å². The van der Waals surface area contributed by atoms with Crippen molar-refractivity contribution in [3.8, 4) is 0 Å². The Morgan fingerprint density at radius 2 is 1.50 bits per heavy atom. The Morgan fingerprint density at radius 3 is 1.50 bits per heavy atom. The Hall–Kier alpha value is 0.100. The van der Waals surface area contributed by atoms with E-state index in [1.54, 1.807) is 9.12 Å². The molecule has 2 heteroatoms. The first-order valence-electron chi connectivity index (χ1n) is 3.75. The Bertz CT molecular complexity index is 102. The maximum atomic E-state index is 8.06. The van der Waals surface area contributed by atoms with E-state index in [-0.39, 0.29) is 0 Å². The van der Waals surface area contributed by atoms with Crippen LogP contribution >= 0.6 is 9.12 Å². The average molecular weight is 160 g/mol. The highest BCUT2D eigenvalue weighted by Crippen LogP contribution is 2.50. The van der Waals surface area contributed by atoms with Crippen molar-refractivity contribution in [2.24, 2.45) is 17.3 Å². The summed E-state index contributed by atoms with van der Waals surface area (Å²) in [6.07, 6.45) is 1.44. The lowest BCUT2D eigenvalue weighted by Crippen LogP contribution is -2.41. The number of hydrogen-bond acceptors (Lipinski definition) is 1. The molecule has 60 valence electrons. The van der Waals surface area contributed by atoms with Crippen molar-refractivity contribution < 1.29 is 4.57 Å². The van der Waals surface area contributed by atoms with Crippen molar-refractivity contribution in [3.05, 3.63) is 0 Å². The maximum absolute atomic E-state index is 8.06. The van der Waals surface area contributed by atoms with Crippen LogP contribution in [0.4, 0.5) is 0 Å². The maximum Gasteiger partial charge on any atom is 0.138 e. The molecule has 0 amide bonds. The van der Waals surface area contributed by atoms with E-state index in [0.29, 0.717) is 5.41 Å². The quantitative estimate of drug-likeness (QED) is 0.497. The number of rotatable bonds is 0. The van der Waals surface area contributed by atoms with Crippen molar-refractivity contribution in [1.29, 1.82) is 0 Å². The highest BCUT2D eigenvalue weighted by molar-refractivity contribution is 7.00. The Morgan fingerprint density at radius 1 is 1.20 bits per heavy atom. The normalized spacial score (nSPS) is 35.2. The largest absolute Gasteiger partial charge is 0.279 e. The third-order valence-corrected chi connectivity index (χ3v) is 3.25. The zero-order chi connectivity index (χ0) is 8.36. The van der Waals surface area contributed by atoms with E-state index >= 15 is 0 Å². The zero-order valence-electron chi connectivity index (χ0n) is 7.27. The molecule has 0 radical (unpaired) electrons. The monoisotopic (exact) mass is 160 g/mol. The van der Waals surface area contributed by atoms with Gasteiger partial charge in [0, 0.05) is 0 Å². The van der Waals surface area contributed by atoms with Crippen molar-refractivity contribution in [3.63, 3.8) is 0 Å². The molecule has 2 atom stereocenters. The average Bonchev–Trinajstić information content (AvgIpc) is 1.93. The molecule has 0 saturated heterocycles. The van der Waals surface area contributed by atoms with E-state index in [2.05, 4.69) is 27.7 Å². The van der Waals surface area contributed by atoms with Crippen LogP contribution in [0.1, 0.15) is 34.1 Å². The summed E-state index contributed by atoms with van der Waals surface area (Å²) in [6.45, 7) is 9.43. The molecule has 2 unspecified atom stereocenters. The van der Waals surface area contributed by atoms with Crippen LogP contribution in [-0.2, 0) is 4.57 Å². The first kappa shape index (κ1) is 10.1. The van der Waals surface area contributed by atoms with Crippen LogP contribution in [-0.4, -0.2) is 0 Å². The molecule has 1 aliphatic rings. The molecule has 0 aromatic rings. The first-order chi connectivity index (χ1) is 4.55. The molecule has 1 aliphatic carbocycles. The lowest BCUT2D eigenvalue weighted by molar-refractivity contribution is 0.00567. The van der Waals surface area contributed by atoms with Crippen LogP contribution in [0.5, 0.6) is 0 Å². The molecule has 10 heavy (non-hydrogen) atoms. The SMILES string of the molecule is CC1CC(C)C1(C)C.O=P. The zero-order valence-corrected chi connectivity index (χ0v) is 8.27. The van der Waals surface area contributed by atoms with E-state index in [1.165, 1.54) is 6.42 Å². The molecule has 0 spiro atoms. The fraction of sp³-hybridized carbons (Fsp3) is 1.00. The van der Waals surface area contributed by atoms with Gasteiger partial charge in [0.1, 0.15) is 9.12 Å². The molecule has 1 rings (SSSR count). The van der Waals surface area contributed by atoms with Gasteiger partial charge >= 0.3 is 0 Å². The standard InChI is InChI=1S/C8H16.HOP/c1-6-5-7(2)8(6,3)4;1-2/h6-7H,5H2,1-4H3;2H. The smallest absolute Gasteiger partial charge is 0.138 e. The molecule has 1 saturated carbocycles. The predicted molar refractivity (Wildman–Crippen MR) is 45.7 cm³/mol. The van der Waals surface area contributed by atoms with Crippen LogP contribution in [0.25, 0.3) is 0 Å². The lowest BCUT2D eigenvalue weighted by Gasteiger charge is -2.49. The molecular formula is C8H17OP. The molecule has 0 aromatic heterocycles.